The minimum atomic E-state index is -0.842. The SMILES string of the molecule is COc1ccc(C(=O)N2c3ccccc3[C@H](N(C(C)=O)c3ccc(CCC(=O)O)cc3)C[C@@H]2C)cc1. The highest BCUT2D eigenvalue weighted by atomic mass is 16.5. The molecule has 1 aliphatic heterocycles. The number of ether oxygens (including phenoxy) is 1. The molecule has 36 heavy (non-hydrogen) atoms. The van der Waals surface area contributed by atoms with E-state index in [2.05, 4.69) is 0 Å². The van der Waals surface area contributed by atoms with E-state index in [0.29, 0.717) is 24.2 Å². The molecule has 0 unspecified atom stereocenters. The number of rotatable bonds is 7. The van der Waals surface area contributed by atoms with Crippen molar-refractivity contribution >= 4 is 29.2 Å². The Balaban J connectivity index is 1.67. The van der Waals surface area contributed by atoms with Gasteiger partial charge in [-0.15, -0.1) is 0 Å². The Labute approximate surface area is 210 Å². The molecule has 0 bridgehead atoms. The van der Waals surface area contributed by atoms with Crippen LogP contribution in [0.1, 0.15) is 54.2 Å². The molecule has 4 rings (SSSR count). The summed E-state index contributed by atoms with van der Waals surface area (Å²) in [4.78, 5) is 41.0. The normalized spacial score (nSPS) is 16.7. The first-order chi connectivity index (χ1) is 17.3. The van der Waals surface area contributed by atoms with E-state index in [1.165, 1.54) is 0 Å². The van der Waals surface area contributed by atoms with Gasteiger partial charge in [0.2, 0.25) is 5.91 Å². The number of anilines is 2. The Morgan fingerprint density at radius 1 is 1.00 bits per heavy atom. The first-order valence-electron chi connectivity index (χ1n) is 12.0. The third-order valence-electron chi connectivity index (χ3n) is 6.61. The van der Waals surface area contributed by atoms with E-state index in [0.717, 1.165) is 22.5 Å². The highest BCUT2D eigenvalue weighted by Gasteiger charge is 2.38. The van der Waals surface area contributed by atoms with Crippen molar-refractivity contribution in [3.05, 3.63) is 89.5 Å². The zero-order valence-electron chi connectivity index (χ0n) is 20.7. The highest BCUT2D eigenvalue weighted by molar-refractivity contribution is 6.07. The van der Waals surface area contributed by atoms with Crippen molar-refractivity contribution in [2.75, 3.05) is 16.9 Å². The summed E-state index contributed by atoms with van der Waals surface area (Å²) in [5, 5.41) is 8.95. The summed E-state index contributed by atoms with van der Waals surface area (Å²) in [5.74, 6) is -0.362. The van der Waals surface area contributed by atoms with Crippen LogP contribution in [-0.4, -0.2) is 36.0 Å². The number of aliphatic carboxylic acids is 1. The third-order valence-corrected chi connectivity index (χ3v) is 6.61. The van der Waals surface area contributed by atoms with E-state index in [1.54, 1.807) is 48.1 Å². The van der Waals surface area contributed by atoms with Crippen molar-refractivity contribution in [3.8, 4) is 5.75 Å². The minimum Gasteiger partial charge on any atom is -0.497 e. The molecule has 1 aliphatic rings. The van der Waals surface area contributed by atoms with Gasteiger partial charge in [0.15, 0.2) is 0 Å². The molecule has 3 aromatic carbocycles. The summed E-state index contributed by atoms with van der Waals surface area (Å²) in [6, 6.07) is 21.8. The van der Waals surface area contributed by atoms with Gasteiger partial charge < -0.3 is 19.6 Å². The molecule has 2 amide bonds. The zero-order chi connectivity index (χ0) is 25.8. The van der Waals surface area contributed by atoms with Gasteiger partial charge in [-0.1, -0.05) is 30.3 Å². The van der Waals surface area contributed by atoms with Crippen molar-refractivity contribution in [3.63, 3.8) is 0 Å². The number of hydrogen-bond donors (Lipinski definition) is 1. The maximum absolute atomic E-state index is 13.6. The number of para-hydroxylation sites is 1. The lowest BCUT2D eigenvalue weighted by Gasteiger charge is -2.43. The summed E-state index contributed by atoms with van der Waals surface area (Å²) in [6.07, 6.45) is 1.06. The van der Waals surface area contributed by atoms with Gasteiger partial charge in [0.1, 0.15) is 5.75 Å². The molecule has 7 nitrogen and oxygen atoms in total. The smallest absolute Gasteiger partial charge is 0.303 e. The van der Waals surface area contributed by atoms with Crippen LogP contribution in [0.4, 0.5) is 11.4 Å². The maximum atomic E-state index is 13.6. The number of carboxylic acid groups (broad SMARTS) is 1. The van der Waals surface area contributed by atoms with Gasteiger partial charge >= 0.3 is 5.97 Å². The average molecular weight is 487 g/mol. The number of carbonyl (C=O) groups excluding carboxylic acids is 2. The molecule has 186 valence electrons. The van der Waals surface area contributed by atoms with Gasteiger partial charge in [0.25, 0.3) is 5.91 Å². The molecule has 1 heterocycles. The number of carboxylic acids is 1. The number of nitrogens with zero attached hydrogens (tertiary/aromatic N) is 2. The quantitative estimate of drug-likeness (QED) is 0.493. The van der Waals surface area contributed by atoms with Gasteiger partial charge in [-0.3, -0.25) is 14.4 Å². The molecule has 7 heteroatoms. The number of hydrogen-bond acceptors (Lipinski definition) is 4. The largest absolute Gasteiger partial charge is 0.497 e. The predicted octanol–water partition coefficient (Wildman–Crippen LogP) is 5.25. The second kappa shape index (κ2) is 10.6. The molecular weight excluding hydrogens is 456 g/mol. The molecule has 1 N–H and O–H groups in total. The molecule has 0 radical (unpaired) electrons. The van der Waals surface area contributed by atoms with Crippen LogP contribution >= 0.6 is 0 Å². The molecule has 3 aromatic rings. The van der Waals surface area contributed by atoms with Crippen LogP contribution in [0.2, 0.25) is 0 Å². The van der Waals surface area contributed by atoms with E-state index >= 15 is 0 Å². The van der Waals surface area contributed by atoms with Crippen LogP contribution in [-0.2, 0) is 16.0 Å². The summed E-state index contributed by atoms with van der Waals surface area (Å²) in [5.41, 5.74) is 3.90. The topological polar surface area (TPSA) is 87.2 Å². The standard InChI is InChI=1S/C29H30N2O5/c1-19-18-27(31(20(2)32)23-13-8-21(9-14-23)10-17-28(33)34)25-6-4-5-7-26(25)30(19)29(35)22-11-15-24(36-3)16-12-22/h4-9,11-16,19,27H,10,17-18H2,1-3H3,(H,33,34)/t19-,27+/m0/s1. The van der Waals surface area contributed by atoms with Crippen molar-refractivity contribution in [1.82, 2.24) is 0 Å². The van der Waals surface area contributed by atoms with Gasteiger partial charge in [0, 0.05) is 36.3 Å². The number of aryl methyl sites for hydroxylation is 1. The Kier molecular flexibility index (Phi) is 7.38. The summed E-state index contributed by atoms with van der Waals surface area (Å²) in [7, 11) is 1.59. The molecule has 0 spiro atoms. The van der Waals surface area contributed by atoms with Gasteiger partial charge in [0.05, 0.1) is 13.2 Å². The maximum Gasteiger partial charge on any atom is 0.303 e. The van der Waals surface area contributed by atoms with Crippen molar-refractivity contribution in [1.29, 1.82) is 0 Å². The lowest BCUT2D eigenvalue weighted by Crippen LogP contribution is -2.47. The van der Waals surface area contributed by atoms with Crippen LogP contribution in [0.15, 0.2) is 72.8 Å². The Bertz CT molecular complexity index is 1250. The molecular formula is C29H30N2O5. The second-order valence-corrected chi connectivity index (χ2v) is 9.01. The summed E-state index contributed by atoms with van der Waals surface area (Å²) in [6.45, 7) is 3.54. The van der Waals surface area contributed by atoms with Crippen LogP contribution in [0.3, 0.4) is 0 Å². The lowest BCUT2D eigenvalue weighted by molar-refractivity contribution is -0.137. The van der Waals surface area contributed by atoms with Gasteiger partial charge in [-0.05, 0) is 73.4 Å². The predicted molar refractivity (Wildman–Crippen MR) is 139 cm³/mol. The highest BCUT2D eigenvalue weighted by Crippen LogP contribution is 2.42. The van der Waals surface area contributed by atoms with Crippen LogP contribution in [0, 0.1) is 0 Å². The van der Waals surface area contributed by atoms with Crippen molar-refractivity contribution in [2.45, 2.75) is 45.2 Å². The number of benzene rings is 3. The van der Waals surface area contributed by atoms with Crippen LogP contribution in [0.5, 0.6) is 5.75 Å². The Hall–Kier alpha value is -4.13. The van der Waals surface area contributed by atoms with Crippen LogP contribution in [0.25, 0.3) is 0 Å². The fourth-order valence-electron chi connectivity index (χ4n) is 4.86. The van der Waals surface area contributed by atoms with E-state index < -0.39 is 5.97 Å². The first kappa shape index (κ1) is 25.0. The first-order valence-corrected chi connectivity index (χ1v) is 12.0. The zero-order valence-corrected chi connectivity index (χ0v) is 20.7. The van der Waals surface area contributed by atoms with E-state index in [4.69, 9.17) is 9.84 Å². The van der Waals surface area contributed by atoms with Crippen molar-refractivity contribution in [2.24, 2.45) is 0 Å². The third kappa shape index (κ3) is 5.10. The monoisotopic (exact) mass is 486 g/mol. The molecule has 2 atom stereocenters. The van der Waals surface area contributed by atoms with Crippen molar-refractivity contribution < 1.29 is 24.2 Å². The lowest BCUT2D eigenvalue weighted by atomic mass is 9.89. The van der Waals surface area contributed by atoms with Gasteiger partial charge in [-0.2, -0.15) is 0 Å². The average Bonchev–Trinajstić information content (AvgIpc) is 2.88. The molecule has 0 aliphatic carbocycles. The molecule has 0 saturated carbocycles. The number of amides is 2. The molecule has 0 saturated heterocycles. The minimum absolute atomic E-state index is 0.0569. The fourth-order valence-corrected chi connectivity index (χ4v) is 4.86. The van der Waals surface area contributed by atoms with E-state index in [-0.39, 0.29) is 30.3 Å². The number of fused-ring (bicyclic) bond motifs is 1. The Morgan fingerprint density at radius 2 is 1.67 bits per heavy atom. The summed E-state index contributed by atoms with van der Waals surface area (Å²) < 4.78 is 5.22. The number of carbonyl (C=O) groups is 3. The molecule has 0 aromatic heterocycles. The van der Waals surface area contributed by atoms with E-state index in [1.807, 2.05) is 55.5 Å². The fraction of sp³-hybridized carbons (Fsp3) is 0.276. The summed E-state index contributed by atoms with van der Waals surface area (Å²) >= 11 is 0. The van der Waals surface area contributed by atoms with Gasteiger partial charge in [-0.25, -0.2) is 0 Å². The van der Waals surface area contributed by atoms with Crippen LogP contribution < -0.4 is 14.5 Å². The number of methoxy groups -OCH3 is 1. The second-order valence-electron chi connectivity index (χ2n) is 9.01. The Morgan fingerprint density at radius 3 is 2.28 bits per heavy atom. The molecule has 0 fully saturated rings. The van der Waals surface area contributed by atoms with E-state index in [9.17, 15) is 14.4 Å².